The monoisotopic (exact) mass is 547 g/mol. The number of halogens is 4. The molecule has 0 saturated heterocycles. The van der Waals surface area contributed by atoms with Gasteiger partial charge in [0.2, 0.25) is 21.8 Å². The average molecular weight is 548 g/mol. The highest BCUT2D eigenvalue weighted by Crippen LogP contribution is 2.36. The zero-order valence-electron chi connectivity index (χ0n) is 20.6. The fourth-order valence-electron chi connectivity index (χ4n) is 3.31. The van der Waals surface area contributed by atoms with Gasteiger partial charge in [0, 0.05) is 12.1 Å². The van der Waals surface area contributed by atoms with Crippen LogP contribution in [0.25, 0.3) is 0 Å². The number of alkyl halides is 3. The molecule has 2 rings (SSSR count). The van der Waals surface area contributed by atoms with Crippen molar-refractivity contribution in [2.45, 2.75) is 52.0 Å². The minimum atomic E-state index is -4.76. The molecule has 2 aromatic carbocycles. The summed E-state index contributed by atoms with van der Waals surface area (Å²) in [6.07, 6.45) is -4.00. The number of sulfonamides is 1. The Hall–Kier alpha value is -2.79. The smallest absolute Gasteiger partial charge is 0.350 e. The highest BCUT2D eigenvalue weighted by Gasteiger charge is 2.35. The van der Waals surface area contributed by atoms with Gasteiger partial charge in [-0.05, 0) is 51.5 Å². The number of anilines is 1. The van der Waals surface area contributed by atoms with E-state index in [-0.39, 0.29) is 11.6 Å². The second-order valence-electron chi connectivity index (χ2n) is 9.36. The molecule has 0 aliphatic rings. The third-order valence-electron chi connectivity index (χ3n) is 5.08. The lowest BCUT2D eigenvalue weighted by atomic mass is 10.1. The lowest BCUT2D eigenvalue weighted by Crippen LogP contribution is -2.54. The second kappa shape index (κ2) is 11.1. The maximum atomic E-state index is 13.5. The molecule has 0 bridgehead atoms. The molecular weight excluding hydrogens is 519 g/mol. The van der Waals surface area contributed by atoms with Gasteiger partial charge in [-0.2, -0.15) is 13.2 Å². The van der Waals surface area contributed by atoms with E-state index in [4.69, 9.17) is 11.6 Å². The van der Waals surface area contributed by atoms with Gasteiger partial charge in [0.25, 0.3) is 0 Å². The van der Waals surface area contributed by atoms with Crippen molar-refractivity contribution >= 4 is 39.1 Å². The Kier molecular flexibility index (Phi) is 9.06. The van der Waals surface area contributed by atoms with Gasteiger partial charge in [0.15, 0.2) is 0 Å². The van der Waals surface area contributed by atoms with Crippen LogP contribution in [0.5, 0.6) is 0 Å². The van der Waals surface area contributed by atoms with Crippen LogP contribution in [-0.4, -0.2) is 49.5 Å². The van der Waals surface area contributed by atoms with Crippen LogP contribution in [0.2, 0.25) is 5.02 Å². The predicted octanol–water partition coefficient (Wildman–Crippen LogP) is 4.46. The summed E-state index contributed by atoms with van der Waals surface area (Å²) < 4.78 is 65.6. The molecule has 0 spiro atoms. The summed E-state index contributed by atoms with van der Waals surface area (Å²) in [6.45, 7) is 5.89. The van der Waals surface area contributed by atoms with Crippen LogP contribution >= 0.6 is 11.6 Å². The summed E-state index contributed by atoms with van der Waals surface area (Å²) in [7, 11) is -4.25. The predicted molar refractivity (Wildman–Crippen MR) is 133 cm³/mol. The third-order valence-corrected chi connectivity index (χ3v) is 6.53. The van der Waals surface area contributed by atoms with E-state index in [1.54, 1.807) is 51.1 Å². The number of nitrogens with one attached hydrogen (secondary N) is 1. The van der Waals surface area contributed by atoms with Crippen LogP contribution in [0.4, 0.5) is 18.9 Å². The van der Waals surface area contributed by atoms with Gasteiger partial charge in [-0.25, -0.2) is 8.42 Å². The zero-order chi connectivity index (χ0) is 27.5. The summed E-state index contributed by atoms with van der Waals surface area (Å²) in [5, 5.41) is 2.49. The van der Waals surface area contributed by atoms with Crippen molar-refractivity contribution in [1.82, 2.24) is 10.2 Å². The lowest BCUT2D eigenvalue weighted by Gasteiger charge is -2.33. The molecule has 2 amide bonds. The number of rotatable bonds is 8. The number of hydrogen-bond donors (Lipinski definition) is 1. The third kappa shape index (κ3) is 8.12. The van der Waals surface area contributed by atoms with Gasteiger partial charge in [-0.3, -0.25) is 13.9 Å². The Bertz CT molecular complexity index is 1200. The number of benzene rings is 2. The molecular formula is C24H29ClF3N3O4S. The summed E-state index contributed by atoms with van der Waals surface area (Å²) >= 11 is 6.06. The van der Waals surface area contributed by atoms with Gasteiger partial charge in [0.05, 0.1) is 22.5 Å². The van der Waals surface area contributed by atoms with E-state index in [9.17, 15) is 31.2 Å². The van der Waals surface area contributed by atoms with Crippen molar-refractivity contribution in [2.75, 3.05) is 17.1 Å². The largest absolute Gasteiger partial charge is 0.416 e. The highest BCUT2D eigenvalue weighted by atomic mass is 35.5. The maximum absolute atomic E-state index is 13.5. The van der Waals surface area contributed by atoms with Crippen molar-refractivity contribution in [1.29, 1.82) is 0 Å². The number of carbonyl (C=O) groups excluding carboxylic acids is 2. The molecule has 0 aliphatic carbocycles. The molecule has 1 unspecified atom stereocenters. The van der Waals surface area contributed by atoms with Crippen LogP contribution in [-0.2, 0) is 32.3 Å². The van der Waals surface area contributed by atoms with Crippen molar-refractivity contribution in [3.05, 3.63) is 64.7 Å². The zero-order valence-corrected chi connectivity index (χ0v) is 22.1. The minimum Gasteiger partial charge on any atom is -0.350 e. The normalized spacial score (nSPS) is 13.1. The molecule has 2 aromatic rings. The van der Waals surface area contributed by atoms with E-state index in [1.807, 2.05) is 0 Å². The SMILES string of the molecule is CC(C(=O)NC(C)(C)C)N(Cc1ccccc1)C(=O)CN(c1cc(C(F)(F)F)ccc1Cl)S(C)(=O)=O. The van der Waals surface area contributed by atoms with E-state index < -0.39 is 57.4 Å². The van der Waals surface area contributed by atoms with Crippen molar-refractivity contribution < 1.29 is 31.2 Å². The number of carbonyl (C=O) groups is 2. The molecule has 0 heterocycles. The van der Waals surface area contributed by atoms with Gasteiger partial charge in [-0.1, -0.05) is 41.9 Å². The number of hydrogen-bond acceptors (Lipinski definition) is 4. The Labute approximate surface area is 214 Å². The highest BCUT2D eigenvalue weighted by molar-refractivity contribution is 7.92. The van der Waals surface area contributed by atoms with E-state index in [0.29, 0.717) is 22.0 Å². The molecule has 0 radical (unpaired) electrons. The Morgan fingerprint density at radius 1 is 1.06 bits per heavy atom. The van der Waals surface area contributed by atoms with Gasteiger partial charge >= 0.3 is 6.18 Å². The van der Waals surface area contributed by atoms with E-state index in [0.717, 1.165) is 12.3 Å². The fourth-order valence-corrected chi connectivity index (χ4v) is 4.43. The molecule has 0 saturated carbocycles. The lowest BCUT2D eigenvalue weighted by molar-refractivity contribution is -0.140. The molecule has 0 aromatic heterocycles. The molecule has 36 heavy (non-hydrogen) atoms. The molecule has 7 nitrogen and oxygen atoms in total. The van der Waals surface area contributed by atoms with E-state index in [1.165, 1.54) is 11.8 Å². The molecule has 0 fully saturated rings. The van der Waals surface area contributed by atoms with Gasteiger partial charge in [-0.15, -0.1) is 0 Å². The van der Waals surface area contributed by atoms with Crippen molar-refractivity contribution in [3.63, 3.8) is 0 Å². The molecule has 1 atom stereocenters. The Morgan fingerprint density at radius 2 is 1.64 bits per heavy atom. The quantitative estimate of drug-likeness (QED) is 0.529. The van der Waals surface area contributed by atoms with Gasteiger partial charge in [0.1, 0.15) is 12.6 Å². The first-order valence-electron chi connectivity index (χ1n) is 10.9. The molecule has 198 valence electrons. The molecule has 1 N–H and O–H groups in total. The summed E-state index contributed by atoms with van der Waals surface area (Å²) in [5.74, 6) is -1.27. The Balaban J connectivity index is 2.49. The first-order valence-corrected chi connectivity index (χ1v) is 13.1. The van der Waals surface area contributed by atoms with E-state index >= 15 is 0 Å². The van der Waals surface area contributed by atoms with Gasteiger partial charge < -0.3 is 10.2 Å². The summed E-state index contributed by atoms with van der Waals surface area (Å²) in [4.78, 5) is 27.5. The topological polar surface area (TPSA) is 86.8 Å². The van der Waals surface area contributed by atoms with Crippen LogP contribution in [0, 0.1) is 0 Å². The van der Waals surface area contributed by atoms with Crippen molar-refractivity contribution in [2.24, 2.45) is 0 Å². The number of amides is 2. The van der Waals surface area contributed by atoms with Crippen LogP contribution in [0.15, 0.2) is 48.5 Å². The fraction of sp³-hybridized carbons (Fsp3) is 0.417. The van der Waals surface area contributed by atoms with Crippen LogP contribution in [0.1, 0.15) is 38.8 Å². The van der Waals surface area contributed by atoms with Crippen molar-refractivity contribution in [3.8, 4) is 0 Å². The summed E-state index contributed by atoms with van der Waals surface area (Å²) in [6, 6.07) is 9.90. The van der Waals surface area contributed by atoms with Crippen LogP contribution in [0.3, 0.4) is 0 Å². The first-order chi connectivity index (χ1) is 16.4. The Morgan fingerprint density at radius 3 is 2.14 bits per heavy atom. The molecule has 12 heteroatoms. The van der Waals surface area contributed by atoms with E-state index in [2.05, 4.69) is 5.32 Å². The number of nitrogens with zero attached hydrogens (tertiary/aromatic N) is 2. The second-order valence-corrected chi connectivity index (χ2v) is 11.7. The maximum Gasteiger partial charge on any atom is 0.416 e. The minimum absolute atomic E-state index is 0.0354. The average Bonchev–Trinajstić information content (AvgIpc) is 2.73. The first kappa shape index (κ1) is 29.4. The molecule has 0 aliphatic heterocycles. The standard InChI is InChI=1S/C24H29ClF3N3O4S/c1-16(22(33)29-23(2,3)4)30(14-17-9-7-6-8-10-17)21(32)15-31(36(5,34)35)20-13-18(24(26,27)28)11-12-19(20)25/h6-13,16H,14-15H2,1-5H3,(H,29,33). The summed E-state index contributed by atoms with van der Waals surface area (Å²) in [5.41, 5.74) is -1.54. The van der Waals surface area contributed by atoms with Crippen LogP contribution < -0.4 is 9.62 Å².